The lowest BCUT2D eigenvalue weighted by molar-refractivity contribution is 0.210. The van der Waals surface area contributed by atoms with Crippen LogP contribution in [0.25, 0.3) is 0 Å². The molecule has 0 saturated carbocycles. The lowest BCUT2D eigenvalue weighted by Crippen LogP contribution is -2.02. The monoisotopic (exact) mass is 227 g/mol. The summed E-state index contributed by atoms with van der Waals surface area (Å²) in [5, 5.41) is 19.6. The maximum absolute atomic E-state index is 13.4. The molecule has 0 aliphatic heterocycles. The number of aromatic nitrogens is 3. The zero-order chi connectivity index (χ0) is 10.8. The Morgan fingerprint density at radius 2 is 2.27 bits per heavy atom. The second-order valence-electron chi connectivity index (χ2n) is 2.96. The van der Waals surface area contributed by atoms with Gasteiger partial charge in [0.1, 0.15) is 17.6 Å². The highest BCUT2D eigenvalue weighted by Crippen LogP contribution is 2.24. The zero-order valence-corrected chi connectivity index (χ0v) is 8.24. The Hall–Kier alpha value is -1.46. The molecule has 1 heterocycles. The summed E-state index contributed by atoms with van der Waals surface area (Å²) in [4.78, 5) is 0. The molecule has 4 nitrogen and oxygen atoms in total. The molecule has 15 heavy (non-hydrogen) atoms. The van der Waals surface area contributed by atoms with E-state index < -0.39 is 11.9 Å². The summed E-state index contributed by atoms with van der Waals surface area (Å²) in [7, 11) is 0. The van der Waals surface area contributed by atoms with Crippen LogP contribution in [0.4, 0.5) is 4.39 Å². The molecule has 0 bridgehead atoms. The summed E-state index contributed by atoms with van der Waals surface area (Å²) < 4.78 is 13.4. The van der Waals surface area contributed by atoms with Crippen LogP contribution in [0, 0.1) is 5.82 Å². The molecule has 1 atom stereocenters. The first-order valence-electron chi connectivity index (χ1n) is 4.17. The second kappa shape index (κ2) is 3.96. The number of hydrogen-bond acceptors (Lipinski definition) is 3. The average Bonchev–Trinajstić information content (AvgIpc) is 2.69. The third-order valence-corrected chi connectivity index (χ3v) is 2.21. The Bertz CT molecular complexity index is 460. The van der Waals surface area contributed by atoms with E-state index in [2.05, 4.69) is 15.4 Å². The maximum Gasteiger partial charge on any atom is 0.130 e. The quantitative estimate of drug-likeness (QED) is 0.821. The van der Waals surface area contributed by atoms with Crippen molar-refractivity contribution in [2.75, 3.05) is 0 Å². The number of rotatable bonds is 2. The molecule has 0 aliphatic rings. The van der Waals surface area contributed by atoms with Gasteiger partial charge in [-0.2, -0.15) is 15.4 Å². The Morgan fingerprint density at radius 3 is 2.87 bits per heavy atom. The maximum atomic E-state index is 13.4. The number of benzene rings is 1. The van der Waals surface area contributed by atoms with Crippen LogP contribution in [0.15, 0.2) is 24.4 Å². The van der Waals surface area contributed by atoms with Gasteiger partial charge in [-0.15, -0.1) is 0 Å². The second-order valence-corrected chi connectivity index (χ2v) is 3.40. The summed E-state index contributed by atoms with van der Waals surface area (Å²) in [6.45, 7) is 0. The molecule has 2 aromatic rings. The van der Waals surface area contributed by atoms with E-state index in [0.717, 1.165) is 6.07 Å². The van der Waals surface area contributed by atoms with Crippen LogP contribution in [-0.4, -0.2) is 20.5 Å². The highest BCUT2D eigenvalue weighted by molar-refractivity contribution is 6.30. The van der Waals surface area contributed by atoms with Crippen molar-refractivity contribution in [2.45, 2.75) is 6.10 Å². The van der Waals surface area contributed by atoms with Crippen molar-refractivity contribution >= 4 is 11.6 Å². The number of halogens is 2. The average molecular weight is 228 g/mol. The van der Waals surface area contributed by atoms with Gasteiger partial charge >= 0.3 is 0 Å². The first-order valence-corrected chi connectivity index (χ1v) is 4.55. The van der Waals surface area contributed by atoms with Gasteiger partial charge in [0, 0.05) is 10.6 Å². The van der Waals surface area contributed by atoms with E-state index in [-0.39, 0.29) is 16.3 Å². The summed E-state index contributed by atoms with van der Waals surface area (Å²) in [6.07, 6.45) is 0.194. The predicted octanol–water partition coefficient (Wildman–Crippen LogP) is 1.68. The summed E-state index contributed by atoms with van der Waals surface area (Å²) in [5.74, 6) is -0.571. The highest BCUT2D eigenvalue weighted by atomic mass is 35.5. The topological polar surface area (TPSA) is 61.8 Å². The van der Waals surface area contributed by atoms with Crippen molar-refractivity contribution < 1.29 is 9.50 Å². The predicted molar refractivity (Wildman–Crippen MR) is 51.9 cm³/mol. The molecule has 78 valence electrons. The zero-order valence-electron chi connectivity index (χ0n) is 7.48. The van der Waals surface area contributed by atoms with Gasteiger partial charge in [0.15, 0.2) is 0 Å². The van der Waals surface area contributed by atoms with Gasteiger partial charge in [-0.05, 0) is 12.1 Å². The van der Waals surface area contributed by atoms with Crippen molar-refractivity contribution in [3.05, 3.63) is 46.5 Å². The number of aliphatic hydroxyl groups excluding tert-OH is 1. The highest BCUT2D eigenvalue weighted by Gasteiger charge is 2.17. The van der Waals surface area contributed by atoms with Crippen molar-refractivity contribution in [1.82, 2.24) is 15.4 Å². The third kappa shape index (κ3) is 1.98. The largest absolute Gasteiger partial charge is 0.382 e. The fourth-order valence-electron chi connectivity index (χ4n) is 1.22. The smallest absolute Gasteiger partial charge is 0.130 e. The van der Waals surface area contributed by atoms with Gasteiger partial charge in [-0.3, -0.25) is 0 Å². The van der Waals surface area contributed by atoms with Gasteiger partial charge in [-0.1, -0.05) is 17.7 Å². The van der Waals surface area contributed by atoms with Gasteiger partial charge in [0.2, 0.25) is 0 Å². The van der Waals surface area contributed by atoms with Crippen molar-refractivity contribution in [3.8, 4) is 0 Å². The van der Waals surface area contributed by atoms with Gasteiger partial charge < -0.3 is 5.11 Å². The Balaban J connectivity index is 2.38. The molecule has 0 aliphatic carbocycles. The number of hydrogen-bond donors (Lipinski definition) is 2. The standard InChI is InChI=1S/C9H7ClFN3O/c10-5-1-2-6(7(11)3-5)9(15)8-4-12-14-13-8/h1-4,9,15H,(H,12,13,14). The van der Waals surface area contributed by atoms with E-state index in [1.807, 2.05) is 0 Å². The molecule has 0 amide bonds. The van der Waals surface area contributed by atoms with E-state index in [9.17, 15) is 9.50 Å². The van der Waals surface area contributed by atoms with Crippen LogP contribution in [0.3, 0.4) is 0 Å². The van der Waals surface area contributed by atoms with Crippen LogP contribution in [0.2, 0.25) is 5.02 Å². The molecule has 2 N–H and O–H groups in total. The van der Waals surface area contributed by atoms with Gasteiger partial charge in [-0.25, -0.2) is 4.39 Å². The van der Waals surface area contributed by atoms with E-state index >= 15 is 0 Å². The fraction of sp³-hybridized carbons (Fsp3) is 0.111. The number of aromatic amines is 1. The molecule has 1 aromatic carbocycles. The van der Waals surface area contributed by atoms with Gasteiger partial charge in [0.05, 0.1) is 6.20 Å². The minimum absolute atomic E-state index is 0.119. The van der Waals surface area contributed by atoms with E-state index in [0.29, 0.717) is 0 Å². The fourth-order valence-corrected chi connectivity index (χ4v) is 1.38. The summed E-state index contributed by atoms with van der Waals surface area (Å²) >= 11 is 5.59. The molecule has 0 fully saturated rings. The Kier molecular flexibility index (Phi) is 2.66. The molecule has 0 saturated heterocycles. The Labute approximate surface area is 89.7 Å². The molecule has 0 radical (unpaired) electrons. The molecular weight excluding hydrogens is 221 g/mol. The Morgan fingerprint density at radius 1 is 1.47 bits per heavy atom. The van der Waals surface area contributed by atoms with E-state index in [1.165, 1.54) is 18.3 Å². The van der Waals surface area contributed by atoms with Crippen LogP contribution >= 0.6 is 11.6 Å². The minimum Gasteiger partial charge on any atom is -0.382 e. The summed E-state index contributed by atoms with van der Waals surface area (Å²) in [5.41, 5.74) is 0.379. The van der Waals surface area contributed by atoms with Crippen molar-refractivity contribution in [3.63, 3.8) is 0 Å². The summed E-state index contributed by atoms with van der Waals surface area (Å²) in [6, 6.07) is 4.06. The van der Waals surface area contributed by atoms with Crippen LogP contribution in [0.1, 0.15) is 17.4 Å². The molecule has 1 aromatic heterocycles. The molecule has 1 unspecified atom stereocenters. The van der Waals surface area contributed by atoms with Crippen molar-refractivity contribution in [1.29, 1.82) is 0 Å². The molecular formula is C9H7ClFN3O. The van der Waals surface area contributed by atoms with E-state index in [4.69, 9.17) is 11.6 Å². The molecule has 6 heteroatoms. The first-order chi connectivity index (χ1) is 7.18. The lowest BCUT2D eigenvalue weighted by Gasteiger charge is -2.08. The van der Waals surface area contributed by atoms with Crippen LogP contribution < -0.4 is 0 Å². The molecule has 0 spiro atoms. The number of H-pyrrole nitrogens is 1. The molecule has 2 rings (SSSR count). The van der Waals surface area contributed by atoms with Gasteiger partial charge in [0.25, 0.3) is 0 Å². The van der Waals surface area contributed by atoms with Crippen molar-refractivity contribution in [2.24, 2.45) is 0 Å². The lowest BCUT2D eigenvalue weighted by atomic mass is 10.1. The SMILES string of the molecule is OC(c1cn[nH]n1)c1ccc(Cl)cc1F. The number of nitrogens with one attached hydrogen (secondary N) is 1. The number of aliphatic hydroxyl groups is 1. The van der Waals surface area contributed by atoms with E-state index in [1.54, 1.807) is 0 Å². The number of nitrogens with zero attached hydrogens (tertiary/aromatic N) is 2. The van der Waals surface area contributed by atoms with Crippen LogP contribution in [0.5, 0.6) is 0 Å². The van der Waals surface area contributed by atoms with Crippen LogP contribution in [-0.2, 0) is 0 Å². The first kappa shape index (κ1) is 10.1. The minimum atomic E-state index is -1.14. The third-order valence-electron chi connectivity index (χ3n) is 1.97. The normalized spacial score (nSPS) is 12.7.